The smallest absolute Gasteiger partial charge is 0.343 e. The lowest BCUT2D eigenvalue weighted by molar-refractivity contribution is -0.128. The molecule has 6 nitrogen and oxygen atoms in total. The number of amides is 1. The Hall–Kier alpha value is -3.48. The van der Waals surface area contributed by atoms with Crippen molar-refractivity contribution in [3.8, 4) is 0 Å². The molecule has 0 unspecified atom stereocenters. The summed E-state index contributed by atoms with van der Waals surface area (Å²) in [5, 5.41) is 2.86. The molecule has 2 aromatic heterocycles. The third-order valence-corrected chi connectivity index (χ3v) is 5.39. The predicted molar refractivity (Wildman–Crippen MR) is 125 cm³/mol. The van der Waals surface area contributed by atoms with Crippen LogP contribution in [-0.4, -0.2) is 22.9 Å². The summed E-state index contributed by atoms with van der Waals surface area (Å²) < 4.78 is 20.9. The van der Waals surface area contributed by atoms with E-state index in [1.807, 2.05) is 6.07 Å². The zero-order valence-corrected chi connectivity index (χ0v) is 19.6. The van der Waals surface area contributed by atoms with Crippen molar-refractivity contribution in [2.24, 2.45) is 5.41 Å². The number of carbonyl (C=O) groups is 2. The Morgan fingerprint density at radius 3 is 2.52 bits per heavy atom. The molecule has 1 amide bonds. The molecule has 7 heteroatoms. The number of halogens is 1. The number of pyridine rings is 2. The first-order valence-corrected chi connectivity index (χ1v) is 10.9. The van der Waals surface area contributed by atoms with E-state index in [2.05, 4.69) is 5.32 Å². The molecule has 0 radical (unpaired) electrons. The lowest BCUT2D eigenvalue weighted by Gasteiger charge is -2.19. The quantitative estimate of drug-likeness (QED) is 0.570. The normalized spacial score (nSPS) is 11.5. The molecule has 1 N–H and O–H groups in total. The van der Waals surface area contributed by atoms with Crippen LogP contribution in [-0.2, 0) is 22.5 Å². The monoisotopic (exact) mass is 452 g/mol. The highest BCUT2D eigenvalue weighted by Crippen LogP contribution is 2.19. The van der Waals surface area contributed by atoms with Gasteiger partial charge in [0.15, 0.2) is 0 Å². The second-order valence-corrected chi connectivity index (χ2v) is 9.06. The zero-order chi connectivity index (χ0) is 24.3. The van der Waals surface area contributed by atoms with Gasteiger partial charge in [0.25, 0.3) is 5.56 Å². The standard InChI is InChI=1S/C26H29FN2O4/c1-6-33-24(31)20-13-19(14-28-25(32)26(3,4)5)21-11-10-17(15-29(21)23(20)30)12-18-9-7-8-16(2)22(18)27/h7-11,13,15H,6,12,14H2,1-5H3,(H,28,32). The number of nitrogens with zero attached hydrogens (tertiary/aromatic N) is 1. The number of benzene rings is 1. The van der Waals surface area contributed by atoms with E-state index < -0.39 is 16.9 Å². The lowest BCUT2D eigenvalue weighted by Crippen LogP contribution is -2.35. The number of nitrogens with one attached hydrogen (secondary N) is 1. The molecule has 1 aromatic carbocycles. The van der Waals surface area contributed by atoms with Crippen LogP contribution in [0.25, 0.3) is 5.52 Å². The van der Waals surface area contributed by atoms with Gasteiger partial charge in [-0.05, 0) is 48.2 Å². The maximum atomic E-state index is 14.5. The van der Waals surface area contributed by atoms with E-state index in [1.54, 1.807) is 65.1 Å². The van der Waals surface area contributed by atoms with Gasteiger partial charge in [-0.1, -0.05) is 45.0 Å². The van der Waals surface area contributed by atoms with E-state index in [-0.39, 0.29) is 36.9 Å². The van der Waals surface area contributed by atoms with E-state index in [1.165, 1.54) is 10.5 Å². The van der Waals surface area contributed by atoms with Crippen LogP contribution < -0.4 is 10.9 Å². The van der Waals surface area contributed by atoms with Crippen LogP contribution in [0.5, 0.6) is 0 Å². The summed E-state index contributed by atoms with van der Waals surface area (Å²) in [5.41, 5.74) is 1.69. The minimum absolute atomic E-state index is 0.117. The summed E-state index contributed by atoms with van der Waals surface area (Å²) in [6.45, 7) is 9.04. The Morgan fingerprint density at radius 2 is 1.85 bits per heavy atom. The van der Waals surface area contributed by atoms with Crippen LogP contribution in [0.1, 0.15) is 60.3 Å². The fraction of sp³-hybridized carbons (Fsp3) is 0.346. The molecule has 0 atom stereocenters. The number of aryl methyl sites for hydroxylation is 1. The predicted octanol–water partition coefficient (Wildman–Crippen LogP) is 4.18. The van der Waals surface area contributed by atoms with Gasteiger partial charge in [-0.25, -0.2) is 9.18 Å². The van der Waals surface area contributed by atoms with Crippen LogP contribution in [0, 0.1) is 18.2 Å². The molecule has 174 valence electrons. The molecule has 33 heavy (non-hydrogen) atoms. The average Bonchev–Trinajstić information content (AvgIpc) is 2.76. The van der Waals surface area contributed by atoms with Crippen LogP contribution in [0.3, 0.4) is 0 Å². The molecule has 3 rings (SSSR count). The highest BCUT2D eigenvalue weighted by Gasteiger charge is 2.22. The summed E-state index contributed by atoms with van der Waals surface area (Å²) in [6, 6.07) is 10.2. The summed E-state index contributed by atoms with van der Waals surface area (Å²) in [5.74, 6) is -1.16. The van der Waals surface area contributed by atoms with Gasteiger partial charge in [-0.2, -0.15) is 0 Å². The van der Waals surface area contributed by atoms with Crippen LogP contribution >= 0.6 is 0 Å². The number of esters is 1. The second-order valence-electron chi connectivity index (χ2n) is 9.06. The molecule has 0 aliphatic carbocycles. The van der Waals surface area contributed by atoms with Crippen molar-refractivity contribution in [2.45, 2.75) is 47.6 Å². The van der Waals surface area contributed by atoms with Gasteiger partial charge in [0, 0.05) is 24.6 Å². The maximum absolute atomic E-state index is 14.5. The maximum Gasteiger partial charge on any atom is 0.343 e. The van der Waals surface area contributed by atoms with Crippen molar-refractivity contribution >= 4 is 17.4 Å². The number of carbonyl (C=O) groups excluding carboxylic acids is 2. The van der Waals surface area contributed by atoms with Gasteiger partial charge in [-0.3, -0.25) is 14.0 Å². The summed E-state index contributed by atoms with van der Waals surface area (Å²) in [7, 11) is 0. The van der Waals surface area contributed by atoms with Gasteiger partial charge in [-0.15, -0.1) is 0 Å². The highest BCUT2D eigenvalue weighted by atomic mass is 19.1. The molecule has 0 aliphatic heterocycles. The van der Waals surface area contributed by atoms with E-state index in [0.717, 1.165) is 0 Å². The van der Waals surface area contributed by atoms with Crippen molar-refractivity contribution in [3.05, 3.63) is 86.6 Å². The van der Waals surface area contributed by atoms with Crippen molar-refractivity contribution in [1.29, 1.82) is 0 Å². The van der Waals surface area contributed by atoms with E-state index in [4.69, 9.17) is 4.74 Å². The third kappa shape index (κ3) is 5.30. The highest BCUT2D eigenvalue weighted by molar-refractivity contribution is 5.90. The third-order valence-electron chi connectivity index (χ3n) is 5.39. The van der Waals surface area contributed by atoms with E-state index in [0.29, 0.717) is 27.8 Å². The van der Waals surface area contributed by atoms with Crippen LogP contribution in [0.4, 0.5) is 4.39 Å². The van der Waals surface area contributed by atoms with Gasteiger partial charge >= 0.3 is 5.97 Å². The molecular formula is C26H29FN2O4. The van der Waals surface area contributed by atoms with E-state index >= 15 is 0 Å². The first-order chi connectivity index (χ1) is 15.5. The molecule has 0 saturated heterocycles. The zero-order valence-electron chi connectivity index (χ0n) is 19.6. The minimum Gasteiger partial charge on any atom is -0.462 e. The fourth-order valence-electron chi connectivity index (χ4n) is 3.52. The molecular weight excluding hydrogens is 423 g/mol. The second kappa shape index (κ2) is 9.57. The number of ether oxygens (including phenoxy) is 1. The molecule has 0 saturated carbocycles. The van der Waals surface area contributed by atoms with Gasteiger partial charge in [0.1, 0.15) is 11.4 Å². The van der Waals surface area contributed by atoms with Gasteiger partial charge in [0.05, 0.1) is 12.1 Å². The van der Waals surface area contributed by atoms with Gasteiger partial charge in [0.2, 0.25) is 5.91 Å². The molecule has 0 bridgehead atoms. The average molecular weight is 453 g/mol. The summed E-state index contributed by atoms with van der Waals surface area (Å²) in [6.07, 6.45) is 1.90. The Bertz CT molecular complexity index is 1270. The summed E-state index contributed by atoms with van der Waals surface area (Å²) >= 11 is 0. The molecule has 0 fully saturated rings. The number of fused-ring (bicyclic) bond motifs is 1. The summed E-state index contributed by atoms with van der Waals surface area (Å²) in [4.78, 5) is 37.9. The van der Waals surface area contributed by atoms with Crippen LogP contribution in [0.15, 0.2) is 47.4 Å². The Balaban J connectivity index is 2.09. The number of aromatic nitrogens is 1. The Labute approximate surface area is 192 Å². The molecule has 0 spiro atoms. The minimum atomic E-state index is -0.726. The number of hydrogen-bond acceptors (Lipinski definition) is 4. The van der Waals surface area contributed by atoms with Gasteiger partial charge < -0.3 is 10.1 Å². The Kier molecular flexibility index (Phi) is 7.01. The lowest BCUT2D eigenvalue weighted by atomic mass is 9.95. The largest absolute Gasteiger partial charge is 0.462 e. The van der Waals surface area contributed by atoms with Crippen molar-refractivity contribution in [2.75, 3.05) is 6.61 Å². The van der Waals surface area contributed by atoms with Crippen LogP contribution in [0.2, 0.25) is 0 Å². The first-order valence-electron chi connectivity index (χ1n) is 10.9. The van der Waals surface area contributed by atoms with Crippen molar-refractivity contribution in [3.63, 3.8) is 0 Å². The first kappa shape index (κ1) is 24.2. The molecule has 2 heterocycles. The molecule has 0 aliphatic rings. The number of hydrogen-bond donors (Lipinski definition) is 1. The number of rotatable bonds is 6. The SMILES string of the molecule is CCOC(=O)c1cc(CNC(=O)C(C)(C)C)c2ccc(Cc3cccc(C)c3F)cn2c1=O. The topological polar surface area (TPSA) is 76.9 Å². The van der Waals surface area contributed by atoms with E-state index in [9.17, 15) is 18.8 Å². The molecule has 3 aromatic rings. The van der Waals surface area contributed by atoms with Crippen molar-refractivity contribution < 1.29 is 18.7 Å². The fourth-order valence-corrected chi connectivity index (χ4v) is 3.52. The van der Waals surface area contributed by atoms with Crippen molar-refractivity contribution in [1.82, 2.24) is 9.72 Å². The Morgan fingerprint density at radius 1 is 1.12 bits per heavy atom.